The van der Waals surface area contributed by atoms with Gasteiger partial charge in [-0.25, -0.2) is 9.11 Å². The number of aromatic nitrogens is 3. The van der Waals surface area contributed by atoms with Gasteiger partial charge in [0.2, 0.25) is 5.91 Å². The molecule has 0 saturated carbocycles. The molecule has 8 nitrogen and oxygen atoms in total. The summed E-state index contributed by atoms with van der Waals surface area (Å²) in [7, 11) is -0.416. The van der Waals surface area contributed by atoms with E-state index >= 15 is 0 Å². The van der Waals surface area contributed by atoms with E-state index < -0.39 is 15.9 Å². The number of rotatable bonds is 8. The molecule has 1 aliphatic carbocycles. The molecule has 0 fully saturated rings. The number of nitrogens with one attached hydrogen (secondary N) is 1. The van der Waals surface area contributed by atoms with Gasteiger partial charge in [-0.3, -0.25) is 14.5 Å². The van der Waals surface area contributed by atoms with Crippen molar-refractivity contribution in [2.24, 2.45) is 0 Å². The molecule has 2 aromatic heterocycles. The first-order valence-corrected chi connectivity index (χ1v) is 13.1. The molecule has 1 N–H and O–H groups in total. The van der Waals surface area contributed by atoms with Gasteiger partial charge in [-0.2, -0.15) is 13.5 Å². The molecule has 0 atom stereocenters. The lowest BCUT2D eigenvalue weighted by atomic mass is 9.91. The van der Waals surface area contributed by atoms with E-state index in [0.717, 1.165) is 23.2 Å². The van der Waals surface area contributed by atoms with E-state index in [0.29, 0.717) is 36.1 Å². The summed E-state index contributed by atoms with van der Waals surface area (Å²) >= 11 is 0. The number of hydrogen-bond donors (Lipinski definition) is 1. The Morgan fingerprint density at radius 3 is 2.51 bits per heavy atom. The Morgan fingerprint density at radius 2 is 1.86 bits per heavy atom. The predicted molar refractivity (Wildman–Crippen MR) is 131 cm³/mol. The fourth-order valence-electron chi connectivity index (χ4n) is 4.62. The molecule has 0 saturated heterocycles. The zero-order valence-electron chi connectivity index (χ0n) is 20.4. The number of carbonyl (C=O) groups excluding carboxylic acids is 1. The van der Waals surface area contributed by atoms with Crippen molar-refractivity contribution in [1.29, 1.82) is 0 Å². The lowest BCUT2D eigenvalue weighted by molar-refractivity contribution is -0.118. The van der Waals surface area contributed by atoms with Gasteiger partial charge in [-0.1, -0.05) is 0 Å². The zero-order valence-corrected chi connectivity index (χ0v) is 21.2. The Hall–Kier alpha value is -3.11. The molecule has 2 heterocycles. The van der Waals surface area contributed by atoms with Crippen molar-refractivity contribution in [1.82, 2.24) is 24.4 Å². The molecule has 1 aliphatic rings. The van der Waals surface area contributed by atoms with Crippen molar-refractivity contribution in [2.75, 3.05) is 14.1 Å². The fourth-order valence-corrected chi connectivity index (χ4v) is 5.59. The van der Waals surface area contributed by atoms with Crippen molar-refractivity contribution < 1.29 is 17.6 Å². The summed E-state index contributed by atoms with van der Waals surface area (Å²) in [6.07, 6.45) is 5.06. The van der Waals surface area contributed by atoms with Crippen LogP contribution in [-0.4, -0.2) is 48.1 Å². The third kappa shape index (κ3) is 5.28. The van der Waals surface area contributed by atoms with Crippen LogP contribution in [0.15, 0.2) is 41.7 Å². The highest BCUT2D eigenvalue weighted by Crippen LogP contribution is 2.35. The van der Waals surface area contributed by atoms with Gasteiger partial charge in [0, 0.05) is 31.0 Å². The maximum Gasteiger partial charge on any atom is 0.283 e. The molecule has 1 amide bonds. The second kappa shape index (κ2) is 9.87. The average molecular weight is 500 g/mol. The van der Waals surface area contributed by atoms with Crippen molar-refractivity contribution in [2.45, 2.75) is 57.1 Å². The molecule has 1 aromatic carbocycles. The lowest BCUT2D eigenvalue weighted by Crippen LogP contribution is -2.32. The van der Waals surface area contributed by atoms with E-state index in [-0.39, 0.29) is 23.3 Å². The highest BCUT2D eigenvalue weighted by atomic mass is 32.2. The molecule has 0 radical (unpaired) electrons. The van der Waals surface area contributed by atoms with Crippen LogP contribution in [0.3, 0.4) is 0 Å². The average Bonchev–Trinajstić information content (AvgIpc) is 3.44. The number of carbonyl (C=O) groups is 1. The summed E-state index contributed by atoms with van der Waals surface area (Å²) in [6.45, 7) is 4.33. The van der Waals surface area contributed by atoms with E-state index in [9.17, 15) is 17.6 Å². The molecule has 0 spiro atoms. The van der Waals surface area contributed by atoms with Gasteiger partial charge in [-0.05, 0) is 93.2 Å². The van der Waals surface area contributed by atoms with Crippen LogP contribution in [0.5, 0.6) is 0 Å². The Kier molecular flexibility index (Phi) is 7.05. The Labute approximate surface area is 205 Å². The van der Waals surface area contributed by atoms with Crippen LogP contribution >= 0.6 is 0 Å². The SMILES string of the molecule is CC(C)n1nc(S(=O)(=O)NC(=O)Cc2c(-c3ccncc3)cc(F)c3c2CCC3)cc1CN(C)C. The second-order valence-electron chi connectivity index (χ2n) is 9.39. The number of benzene rings is 1. The van der Waals surface area contributed by atoms with Gasteiger partial charge >= 0.3 is 0 Å². The van der Waals surface area contributed by atoms with E-state index in [1.54, 1.807) is 29.2 Å². The van der Waals surface area contributed by atoms with Crippen molar-refractivity contribution in [3.05, 3.63) is 64.9 Å². The normalized spacial score (nSPS) is 13.5. The third-order valence-corrected chi connectivity index (χ3v) is 7.32. The quantitative estimate of drug-likeness (QED) is 0.511. The van der Waals surface area contributed by atoms with Crippen LogP contribution in [0, 0.1) is 5.82 Å². The Morgan fingerprint density at radius 1 is 1.17 bits per heavy atom. The number of fused-ring (bicyclic) bond motifs is 1. The monoisotopic (exact) mass is 499 g/mol. The number of halogens is 1. The van der Waals surface area contributed by atoms with Crippen LogP contribution in [0.4, 0.5) is 4.39 Å². The predicted octanol–water partition coefficient (Wildman–Crippen LogP) is 3.26. The van der Waals surface area contributed by atoms with E-state index in [1.165, 1.54) is 12.1 Å². The Bertz CT molecular complexity index is 1350. The molecule has 35 heavy (non-hydrogen) atoms. The van der Waals surface area contributed by atoms with Gasteiger partial charge in [0.1, 0.15) is 5.82 Å². The van der Waals surface area contributed by atoms with E-state index in [2.05, 4.69) is 14.8 Å². The molecule has 0 unspecified atom stereocenters. The van der Waals surface area contributed by atoms with Crippen molar-refractivity contribution in [3.8, 4) is 11.1 Å². The van der Waals surface area contributed by atoms with Crippen LogP contribution in [-0.2, 0) is 40.6 Å². The molecule has 186 valence electrons. The summed E-state index contributed by atoms with van der Waals surface area (Å²) < 4.78 is 44.8. The number of nitrogens with zero attached hydrogens (tertiary/aromatic N) is 4. The van der Waals surface area contributed by atoms with Crippen molar-refractivity contribution in [3.63, 3.8) is 0 Å². The molecular formula is C25H30FN5O3S. The highest BCUT2D eigenvalue weighted by Gasteiger charge is 2.27. The molecular weight excluding hydrogens is 469 g/mol. The minimum Gasteiger partial charge on any atom is -0.304 e. The third-order valence-electron chi connectivity index (χ3n) is 6.08. The molecule has 0 bridgehead atoms. The van der Waals surface area contributed by atoms with Gasteiger partial charge in [-0.15, -0.1) is 0 Å². The zero-order chi connectivity index (χ0) is 25.3. The highest BCUT2D eigenvalue weighted by molar-refractivity contribution is 7.90. The van der Waals surface area contributed by atoms with Crippen LogP contribution in [0.1, 0.15) is 48.7 Å². The van der Waals surface area contributed by atoms with E-state index in [4.69, 9.17) is 0 Å². The van der Waals surface area contributed by atoms with Crippen LogP contribution in [0.25, 0.3) is 11.1 Å². The maximum absolute atomic E-state index is 14.8. The first-order chi connectivity index (χ1) is 16.6. The topological polar surface area (TPSA) is 97.2 Å². The van der Waals surface area contributed by atoms with Gasteiger partial charge in [0.05, 0.1) is 12.1 Å². The molecule has 3 aromatic rings. The number of hydrogen-bond acceptors (Lipinski definition) is 6. The smallest absolute Gasteiger partial charge is 0.283 e. The lowest BCUT2D eigenvalue weighted by Gasteiger charge is -2.16. The largest absolute Gasteiger partial charge is 0.304 e. The van der Waals surface area contributed by atoms with Crippen molar-refractivity contribution >= 4 is 15.9 Å². The summed E-state index contributed by atoms with van der Waals surface area (Å²) in [4.78, 5) is 19.0. The minimum atomic E-state index is -4.18. The fraction of sp³-hybridized carbons (Fsp3) is 0.400. The van der Waals surface area contributed by atoms with Gasteiger partial charge in [0.15, 0.2) is 5.03 Å². The summed E-state index contributed by atoms with van der Waals surface area (Å²) in [5, 5.41) is 4.06. The first kappa shape index (κ1) is 25.0. The summed E-state index contributed by atoms with van der Waals surface area (Å²) in [5.74, 6) is -0.983. The summed E-state index contributed by atoms with van der Waals surface area (Å²) in [5.41, 5.74) is 4.09. The second-order valence-corrected chi connectivity index (χ2v) is 11.0. The minimum absolute atomic E-state index is 0.0469. The van der Waals surface area contributed by atoms with Crippen LogP contribution < -0.4 is 4.72 Å². The van der Waals surface area contributed by atoms with E-state index in [1.807, 2.05) is 32.8 Å². The number of amides is 1. The standard InChI is InChI=1S/C25H30FN5O3S/c1-16(2)31-18(15-30(3)4)12-25(28-31)35(33,34)29-24(32)14-22-19-6-5-7-20(19)23(26)13-21(22)17-8-10-27-11-9-17/h8-13,16H,5-7,14-15H2,1-4H3,(H,29,32). The number of sulfonamides is 1. The summed E-state index contributed by atoms with van der Waals surface area (Å²) in [6, 6.07) is 6.38. The van der Waals surface area contributed by atoms with Gasteiger partial charge < -0.3 is 4.90 Å². The van der Waals surface area contributed by atoms with Crippen LogP contribution in [0.2, 0.25) is 0 Å². The van der Waals surface area contributed by atoms with Gasteiger partial charge in [0.25, 0.3) is 10.0 Å². The first-order valence-electron chi connectivity index (χ1n) is 11.6. The Balaban J connectivity index is 1.65. The maximum atomic E-state index is 14.8. The molecule has 0 aliphatic heterocycles. The molecule has 4 rings (SSSR count). The number of pyridine rings is 1. The molecule has 10 heteroatoms.